The van der Waals surface area contributed by atoms with Gasteiger partial charge >= 0.3 is 12.4 Å². The summed E-state index contributed by atoms with van der Waals surface area (Å²) in [6.07, 6.45) is -1.10. The maximum absolute atomic E-state index is 13.1. The number of halogens is 6. The lowest BCUT2D eigenvalue weighted by atomic mass is 9.83. The number of alkyl halides is 6. The first-order valence-electron chi connectivity index (χ1n) is 13.3. The predicted molar refractivity (Wildman–Crippen MR) is 143 cm³/mol. The molecule has 0 saturated heterocycles. The summed E-state index contributed by atoms with van der Waals surface area (Å²) >= 11 is 0. The largest absolute Gasteiger partial charge is 0.416 e. The molecule has 0 radical (unpaired) electrons. The molecule has 0 spiro atoms. The molecule has 3 aromatic rings. The van der Waals surface area contributed by atoms with Gasteiger partial charge in [-0.1, -0.05) is 72.8 Å². The van der Waals surface area contributed by atoms with Gasteiger partial charge in [-0.2, -0.15) is 26.3 Å². The molecular weight excluding hydrogens is 512 g/mol. The SMILES string of the molecule is CC(C1C=CCc2ccccc21)N(CCCc1cccc(C(F)(F)F)c1)CCCc1cccc(C(F)(F)F)c1. The second kappa shape index (κ2) is 12.4. The Morgan fingerprint density at radius 3 is 1.82 bits per heavy atom. The summed E-state index contributed by atoms with van der Waals surface area (Å²) in [5.41, 5.74) is 2.55. The number of benzene rings is 3. The molecule has 0 amide bonds. The smallest absolute Gasteiger partial charge is 0.300 e. The zero-order chi connectivity index (χ0) is 28.0. The molecular formula is C32H33F6N. The fourth-order valence-electron chi connectivity index (χ4n) is 5.44. The Morgan fingerprint density at radius 1 is 0.744 bits per heavy atom. The highest BCUT2D eigenvalue weighted by molar-refractivity contribution is 5.39. The van der Waals surface area contributed by atoms with Gasteiger partial charge in [0.1, 0.15) is 0 Å². The van der Waals surface area contributed by atoms with Crippen LogP contribution >= 0.6 is 0 Å². The molecule has 0 aliphatic heterocycles. The van der Waals surface area contributed by atoms with Gasteiger partial charge in [0.05, 0.1) is 11.1 Å². The minimum absolute atomic E-state index is 0.116. The molecule has 0 bridgehead atoms. The molecule has 2 atom stereocenters. The Balaban J connectivity index is 1.46. The fourth-order valence-corrected chi connectivity index (χ4v) is 5.44. The van der Waals surface area contributed by atoms with Crippen LogP contribution in [0.1, 0.15) is 59.1 Å². The van der Waals surface area contributed by atoms with Crippen LogP contribution in [-0.4, -0.2) is 24.0 Å². The zero-order valence-corrected chi connectivity index (χ0v) is 21.9. The molecule has 1 aliphatic carbocycles. The number of fused-ring (bicyclic) bond motifs is 1. The number of rotatable bonds is 10. The number of aryl methyl sites for hydroxylation is 2. The molecule has 0 aromatic heterocycles. The summed E-state index contributed by atoms with van der Waals surface area (Å²) < 4.78 is 78.9. The lowest BCUT2D eigenvalue weighted by Crippen LogP contribution is -2.39. The third-order valence-corrected chi connectivity index (χ3v) is 7.52. The number of nitrogens with zero attached hydrogens (tertiary/aromatic N) is 1. The average Bonchev–Trinajstić information content (AvgIpc) is 2.91. The van der Waals surface area contributed by atoms with Crippen molar-refractivity contribution < 1.29 is 26.3 Å². The van der Waals surface area contributed by atoms with Gasteiger partial charge in [-0.05, 0) is 86.5 Å². The van der Waals surface area contributed by atoms with Crippen LogP contribution in [0.5, 0.6) is 0 Å². The van der Waals surface area contributed by atoms with Crippen LogP contribution in [0.4, 0.5) is 26.3 Å². The van der Waals surface area contributed by atoms with Gasteiger partial charge in [-0.15, -0.1) is 0 Å². The van der Waals surface area contributed by atoms with Gasteiger partial charge in [0.25, 0.3) is 0 Å². The van der Waals surface area contributed by atoms with Crippen LogP contribution in [0.2, 0.25) is 0 Å². The third kappa shape index (κ3) is 7.75. The minimum Gasteiger partial charge on any atom is -0.300 e. The van der Waals surface area contributed by atoms with Crippen molar-refractivity contribution in [2.75, 3.05) is 13.1 Å². The fraction of sp³-hybridized carbons (Fsp3) is 0.375. The molecule has 0 fully saturated rings. The third-order valence-electron chi connectivity index (χ3n) is 7.52. The Morgan fingerprint density at radius 2 is 1.28 bits per heavy atom. The molecule has 1 aliphatic rings. The normalized spacial score (nSPS) is 16.4. The van der Waals surface area contributed by atoms with Crippen LogP contribution in [0, 0.1) is 0 Å². The van der Waals surface area contributed by atoms with Crippen LogP contribution in [0.15, 0.2) is 84.9 Å². The Kier molecular flexibility index (Phi) is 9.21. The molecule has 7 heteroatoms. The molecule has 0 saturated carbocycles. The highest BCUT2D eigenvalue weighted by Gasteiger charge is 2.31. The van der Waals surface area contributed by atoms with E-state index in [1.807, 2.05) is 12.1 Å². The summed E-state index contributed by atoms with van der Waals surface area (Å²) in [7, 11) is 0. The summed E-state index contributed by atoms with van der Waals surface area (Å²) in [4.78, 5) is 2.33. The quantitative estimate of drug-likeness (QED) is 0.182. The van der Waals surface area contributed by atoms with Crippen LogP contribution in [0.3, 0.4) is 0 Å². The van der Waals surface area contributed by atoms with Crippen molar-refractivity contribution in [3.8, 4) is 0 Å². The first kappa shape index (κ1) is 28.9. The van der Waals surface area contributed by atoms with E-state index in [2.05, 4.69) is 36.1 Å². The molecule has 0 N–H and O–H groups in total. The van der Waals surface area contributed by atoms with Crippen LogP contribution in [0.25, 0.3) is 0 Å². The first-order valence-corrected chi connectivity index (χ1v) is 13.3. The lowest BCUT2D eigenvalue weighted by molar-refractivity contribution is -0.138. The van der Waals surface area contributed by atoms with Crippen LogP contribution in [-0.2, 0) is 31.6 Å². The van der Waals surface area contributed by atoms with E-state index in [-0.39, 0.29) is 12.0 Å². The summed E-state index contributed by atoms with van der Waals surface area (Å²) in [5.74, 6) is 0.164. The first-order chi connectivity index (χ1) is 18.5. The van der Waals surface area contributed by atoms with Crippen molar-refractivity contribution in [2.45, 2.75) is 63.3 Å². The van der Waals surface area contributed by atoms with Crippen molar-refractivity contribution in [1.29, 1.82) is 0 Å². The highest BCUT2D eigenvalue weighted by atomic mass is 19.4. The maximum atomic E-state index is 13.1. The van der Waals surface area contributed by atoms with Gasteiger partial charge in [-0.3, -0.25) is 4.90 Å². The molecule has 208 valence electrons. The van der Waals surface area contributed by atoms with E-state index in [0.29, 0.717) is 49.9 Å². The van der Waals surface area contributed by atoms with E-state index >= 15 is 0 Å². The molecule has 3 aromatic carbocycles. The molecule has 39 heavy (non-hydrogen) atoms. The van der Waals surface area contributed by atoms with E-state index in [9.17, 15) is 26.3 Å². The molecule has 0 heterocycles. The van der Waals surface area contributed by atoms with E-state index in [4.69, 9.17) is 0 Å². The van der Waals surface area contributed by atoms with E-state index in [1.165, 1.54) is 35.4 Å². The number of hydrogen-bond donors (Lipinski definition) is 0. The van der Waals surface area contributed by atoms with E-state index in [1.54, 1.807) is 12.1 Å². The molecule has 4 rings (SSSR count). The predicted octanol–water partition coefficient (Wildman–Crippen LogP) is 8.88. The Labute approximate surface area is 226 Å². The number of allylic oxidation sites excluding steroid dienone is 1. The van der Waals surface area contributed by atoms with Crippen molar-refractivity contribution >= 4 is 0 Å². The van der Waals surface area contributed by atoms with E-state index < -0.39 is 23.5 Å². The van der Waals surface area contributed by atoms with Crippen molar-refractivity contribution in [2.24, 2.45) is 0 Å². The summed E-state index contributed by atoms with van der Waals surface area (Å²) in [5, 5.41) is 0. The zero-order valence-electron chi connectivity index (χ0n) is 21.9. The van der Waals surface area contributed by atoms with Crippen molar-refractivity contribution in [1.82, 2.24) is 4.90 Å². The minimum atomic E-state index is -4.37. The number of hydrogen-bond acceptors (Lipinski definition) is 1. The second-order valence-electron chi connectivity index (χ2n) is 10.2. The topological polar surface area (TPSA) is 3.24 Å². The van der Waals surface area contributed by atoms with Gasteiger partial charge in [0.2, 0.25) is 0 Å². The van der Waals surface area contributed by atoms with Crippen molar-refractivity contribution in [3.05, 3.63) is 118 Å². The van der Waals surface area contributed by atoms with Crippen molar-refractivity contribution in [3.63, 3.8) is 0 Å². The Bertz CT molecular complexity index is 1200. The lowest BCUT2D eigenvalue weighted by Gasteiger charge is -2.36. The monoisotopic (exact) mass is 545 g/mol. The standard InChI is InChI=1S/C32H33F6N/c1-23(29-18-6-14-26-13-2-3-17-30(26)29)39(19-7-11-24-9-4-15-27(21-24)31(33,34)35)20-8-12-25-10-5-16-28(22-25)32(36,37)38/h2-6,9-10,13,15-18,21-23,29H,7-8,11-12,14,19-20H2,1H3. The highest BCUT2D eigenvalue weighted by Crippen LogP contribution is 2.33. The second-order valence-corrected chi connectivity index (χ2v) is 10.2. The van der Waals surface area contributed by atoms with Gasteiger partial charge in [0, 0.05) is 12.0 Å². The summed E-state index contributed by atoms with van der Waals surface area (Å²) in [6.45, 7) is 3.50. The molecule has 2 unspecified atom stereocenters. The average molecular weight is 546 g/mol. The van der Waals surface area contributed by atoms with Gasteiger partial charge < -0.3 is 0 Å². The van der Waals surface area contributed by atoms with Crippen LogP contribution < -0.4 is 0 Å². The molecule has 1 nitrogen and oxygen atoms in total. The summed E-state index contributed by atoms with van der Waals surface area (Å²) in [6, 6.07) is 19.4. The Hall–Kier alpha value is -3.06. The van der Waals surface area contributed by atoms with E-state index in [0.717, 1.165) is 18.6 Å². The van der Waals surface area contributed by atoms with Gasteiger partial charge in [-0.25, -0.2) is 0 Å². The van der Waals surface area contributed by atoms with Gasteiger partial charge in [0.15, 0.2) is 0 Å². The maximum Gasteiger partial charge on any atom is 0.416 e.